The normalized spacial score (nSPS) is 25.7. The van der Waals surface area contributed by atoms with E-state index in [1.54, 1.807) is 0 Å². The second kappa shape index (κ2) is 13.2. The molecule has 0 spiro atoms. The highest BCUT2D eigenvalue weighted by Gasteiger charge is 2.30. The van der Waals surface area contributed by atoms with Crippen molar-refractivity contribution in [3.63, 3.8) is 0 Å². The van der Waals surface area contributed by atoms with Crippen molar-refractivity contribution in [2.45, 2.75) is 52.0 Å². The molecule has 164 valence electrons. The van der Waals surface area contributed by atoms with E-state index in [4.69, 9.17) is 9.73 Å². The summed E-state index contributed by atoms with van der Waals surface area (Å²) < 4.78 is 5.50. The van der Waals surface area contributed by atoms with E-state index in [9.17, 15) is 0 Å². The number of piperidine rings is 1. The zero-order chi connectivity index (χ0) is 18.9. The molecule has 0 bridgehead atoms. The first-order chi connectivity index (χ1) is 13.3. The number of hydrogen-bond donors (Lipinski definition) is 1. The van der Waals surface area contributed by atoms with Crippen molar-refractivity contribution in [2.24, 2.45) is 10.9 Å². The summed E-state index contributed by atoms with van der Waals surface area (Å²) in [5, 5.41) is 3.52. The Morgan fingerprint density at radius 3 is 2.50 bits per heavy atom. The van der Waals surface area contributed by atoms with Gasteiger partial charge in [0.25, 0.3) is 0 Å². The molecule has 1 N–H and O–H groups in total. The minimum atomic E-state index is 0. The molecule has 3 rings (SSSR count). The lowest BCUT2D eigenvalue weighted by atomic mass is 9.99. The Morgan fingerprint density at radius 2 is 1.79 bits per heavy atom. The third-order valence-corrected chi connectivity index (χ3v) is 6.38. The van der Waals surface area contributed by atoms with Crippen molar-refractivity contribution in [3.05, 3.63) is 0 Å². The van der Waals surface area contributed by atoms with E-state index in [1.165, 1.54) is 51.7 Å². The lowest BCUT2D eigenvalue weighted by Gasteiger charge is -2.32. The van der Waals surface area contributed by atoms with Gasteiger partial charge in [-0.25, -0.2) is 0 Å². The Hall–Kier alpha value is -0.120. The van der Waals surface area contributed by atoms with Gasteiger partial charge in [-0.1, -0.05) is 6.92 Å². The summed E-state index contributed by atoms with van der Waals surface area (Å²) in [5.74, 6) is 2.05. The van der Waals surface area contributed by atoms with Crippen LogP contribution in [0.5, 0.6) is 0 Å². The van der Waals surface area contributed by atoms with Gasteiger partial charge in [0, 0.05) is 45.3 Å². The Kier molecular flexibility index (Phi) is 11.4. The number of unbranched alkanes of at least 4 members (excludes halogenated alkanes) is 1. The van der Waals surface area contributed by atoms with Crippen LogP contribution >= 0.6 is 24.0 Å². The molecule has 0 radical (unpaired) electrons. The zero-order valence-electron chi connectivity index (χ0n) is 18.1. The standard InChI is InChI=1S/C21H41N5O.HI/c1-3-22-21(23-9-4-5-10-24-11-6-19(2)7-12-24)26-13-8-20(18-26)25-14-16-27-17-15-25;/h19-20H,3-18H2,1-2H3,(H,22,23);1H. The van der Waals surface area contributed by atoms with Crippen LogP contribution in [-0.4, -0.2) is 98.8 Å². The number of halogens is 1. The molecule has 0 aromatic rings. The van der Waals surface area contributed by atoms with Gasteiger partial charge in [0.05, 0.1) is 13.2 Å². The first-order valence-electron chi connectivity index (χ1n) is 11.3. The summed E-state index contributed by atoms with van der Waals surface area (Å²) in [7, 11) is 0. The molecule has 0 amide bonds. The largest absolute Gasteiger partial charge is 0.379 e. The van der Waals surface area contributed by atoms with Crippen LogP contribution in [0, 0.1) is 5.92 Å². The molecule has 1 unspecified atom stereocenters. The average molecular weight is 508 g/mol. The van der Waals surface area contributed by atoms with Crippen molar-refractivity contribution >= 4 is 29.9 Å². The van der Waals surface area contributed by atoms with Gasteiger partial charge in [-0.15, -0.1) is 24.0 Å². The van der Waals surface area contributed by atoms with E-state index < -0.39 is 0 Å². The maximum atomic E-state index is 5.50. The number of hydrogen-bond acceptors (Lipinski definition) is 4. The third kappa shape index (κ3) is 7.61. The summed E-state index contributed by atoms with van der Waals surface area (Å²) in [6.07, 6.45) is 6.47. The lowest BCUT2D eigenvalue weighted by molar-refractivity contribution is 0.0195. The Morgan fingerprint density at radius 1 is 1.04 bits per heavy atom. The predicted molar refractivity (Wildman–Crippen MR) is 128 cm³/mol. The SMILES string of the molecule is CCNC(=NCCCCN1CCC(C)CC1)N1CCC(N2CCOCC2)C1.I. The van der Waals surface area contributed by atoms with Crippen LogP contribution in [0.2, 0.25) is 0 Å². The summed E-state index contributed by atoms with van der Waals surface area (Å²) in [5.41, 5.74) is 0. The zero-order valence-corrected chi connectivity index (χ0v) is 20.4. The molecule has 28 heavy (non-hydrogen) atoms. The minimum Gasteiger partial charge on any atom is -0.379 e. The maximum Gasteiger partial charge on any atom is 0.193 e. The van der Waals surface area contributed by atoms with E-state index in [1.807, 2.05) is 0 Å². The Bertz CT molecular complexity index is 450. The second-order valence-corrected chi connectivity index (χ2v) is 8.50. The van der Waals surface area contributed by atoms with Crippen LogP contribution in [-0.2, 0) is 4.74 Å². The van der Waals surface area contributed by atoms with Crippen LogP contribution in [0.25, 0.3) is 0 Å². The average Bonchev–Trinajstić information content (AvgIpc) is 3.19. The molecule has 0 aliphatic carbocycles. The van der Waals surface area contributed by atoms with Gasteiger partial charge in [0.15, 0.2) is 5.96 Å². The van der Waals surface area contributed by atoms with E-state index in [-0.39, 0.29) is 24.0 Å². The number of nitrogens with one attached hydrogen (secondary N) is 1. The Labute approximate surface area is 189 Å². The quantitative estimate of drug-likeness (QED) is 0.248. The van der Waals surface area contributed by atoms with E-state index in [2.05, 4.69) is 33.9 Å². The number of ether oxygens (including phenoxy) is 1. The van der Waals surface area contributed by atoms with Crippen molar-refractivity contribution in [1.29, 1.82) is 0 Å². The summed E-state index contributed by atoms with van der Waals surface area (Å²) in [6.45, 7) is 16.5. The highest BCUT2D eigenvalue weighted by Crippen LogP contribution is 2.18. The molecule has 3 aliphatic rings. The van der Waals surface area contributed by atoms with E-state index in [0.717, 1.165) is 64.4 Å². The number of likely N-dealkylation sites (tertiary alicyclic amines) is 2. The molecule has 6 nitrogen and oxygen atoms in total. The first kappa shape index (κ1) is 24.2. The van der Waals surface area contributed by atoms with Gasteiger partial charge in [0.1, 0.15) is 0 Å². The fourth-order valence-electron chi connectivity index (χ4n) is 4.52. The third-order valence-electron chi connectivity index (χ3n) is 6.38. The molecule has 1 atom stereocenters. The second-order valence-electron chi connectivity index (χ2n) is 8.50. The highest BCUT2D eigenvalue weighted by molar-refractivity contribution is 14.0. The number of nitrogens with zero attached hydrogens (tertiary/aromatic N) is 4. The molecular weight excluding hydrogens is 465 g/mol. The van der Waals surface area contributed by atoms with Crippen molar-refractivity contribution < 1.29 is 4.74 Å². The smallest absolute Gasteiger partial charge is 0.193 e. The van der Waals surface area contributed by atoms with Gasteiger partial charge in [-0.2, -0.15) is 0 Å². The number of guanidine groups is 1. The molecule has 3 saturated heterocycles. The van der Waals surface area contributed by atoms with Gasteiger partial charge in [-0.3, -0.25) is 9.89 Å². The van der Waals surface area contributed by atoms with Crippen LogP contribution in [0.1, 0.15) is 46.0 Å². The molecule has 3 aliphatic heterocycles. The van der Waals surface area contributed by atoms with Crippen LogP contribution < -0.4 is 5.32 Å². The van der Waals surface area contributed by atoms with Gasteiger partial charge >= 0.3 is 0 Å². The predicted octanol–water partition coefficient (Wildman–Crippen LogP) is 2.49. The minimum absolute atomic E-state index is 0. The number of aliphatic imine (C=N–C) groups is 1. The molecule has 0 saturated carbocycles. The van der Waals surface area contributed by atoms with Crippen molar-refractivity contribution in [3.8, 4) is 0 Å². The summed E-state index contributed by atoms with van der Waals surface area (Å²) >= 11 is 0. The van der Waals surface area contributed by atoms with Gasteiger partial charge < -0.3 is 19.9 Å². The molecule has 3 heterocycles. The molecule has 3 fully saturated rings. The fourth-order valence-corrected chi connectivity index (χ4v) is 4.52. The topological polar surface area (TPSA) is 43.3 Å². The molecular formula is C21H42IN5O. The Balaban J connectivity index is 0.00000280. The summed E-state index contributed by atoms with van der Waals surface area (Å²) in [6, 6.07) is 0.666. The van der Waals surface area contributed by atoms with E-state index >= 15 is 0 Å². The van der Waals surface area contributed by atoms with Gasteiger partial charge in [0.2, 0.25) is 0 Å². The fraction of sp³-hybridized carbons (Fsp3) is 0.952. The lowest BCUT2D eigenvalue weighted by Crippen LogP contribution is -2.46. The van der Waals surface area contributed by atoms with Crippen molar-refractivity contribution in [2.75, 3.05) is 72.1 Å². The van der Waals surface area contributed by atoms with Crippen LogP contribution in [0.3, 0.4) is 0 Å². The number of morpholine rings is 1. The molecule has 0 aromatic carbocycles. The molecule has 7 heteroatoms. The van der Waals surface area contributed by atoms with Crippen LogP contribution in [0.4, 0.5) is 0 Å². The van der Waals surface area contributed by atoms with E-state index in [0.29, 0.717) is 6.04 Å². The summed E-state index contributed by atoms with van der Waals surface area (Å²) in [4.78, 5) is 12.7. The first-order valence-corrected chi connectivity index (χ1v) is 11.3. The molecule has 0 aromatic heterocycles. The monoisotopic (exact) mass is 507 g/mol. The number of rotatable bonds is 7. The van der Waals surface area contributed by atoms with Crippen LogP contribution in [0.15, 0.2) is 4.99 Å². The van der Waals surface area contributed by atoms with Crippen molar-refractivity contribution in [1.82, 2.24) is 20.0 Å². The maximum absolute atomic E-state index is 5.50. The van der Waals surface area contributed by atoms with Gasteiger partial charge in [-0.05, 0) is 64.6 Å². The highest BCUT2D eigenvalue weighted by atomic mass is 127.